The van der Waals surface area contributed by atoms with E-state index in [1.807, 2.05) is 18.2 Å². The molecule has 1 fully saturated rings. The van der Waals surface area contributed by atoms with Crippen LogP contribution in [-0.2, 0) is 25.8 Å². The van der Waals surface area contributed by atoms with Crippen molar-refractivity contribution in [3.63, 3.8) is 0 Å². The maximum Gasteiger partial charge on any atom is 0.415 e. The quantitative estimate of drug-likeness (QED) is 0.858. The number of rotatable bonds is 3. The molecular formula is C18H20N2O5S. The predicted molar refractivity (Wildman–Crippen MR) is 96.6 cm³/mol. The van der Waals surface area contributed by atoms with Gasteiger partial charge in [0.1, 0.15) is 6.10 Å². The summed E-state index contributed by atoms with van der Waals surface area (Å²) in [4.78, 5) is 25.0. The molecule has 7 nitrogen and oxygen atoms in total. The van der Waals surface area contributed by atoms with Gasteiger partial charge in [0.15, 0.2) is 9.84 Å². The zero-order valence-electron chi connectivity index (χ0n) is 14.4. The molecule has 3 heterocycles. The molecule has 138 valence electrons. The number of fused-ring (bicyclic) bond motifs is 3. The topological polar surface area (TPSA) is 92.8 Å². The van der Waals surface area contributed by atoms with E-state index in [1.165, 1.54) is 6.92 Å². The summed E-state index contributed by atoms with van der Waals surface area (Å²) in [7, 11) is -2.96. The minimum atomic E-state index is -2.96. The fourth-order valence-corrected chi connectivity index (χ4v) is 4.99. The number of cyclic esters (lactones) is 1. The zero-order chi connectivity index (χ0) is 18.5. The maximum absolute atomic E-state index is 12.2. The summed E-state index contributed by atoms with van der Waals surface area (Å²) >= 11 is 0. The fourth-order valence-electron chi connectivity index (χ4n) is 3.84. The van der Waals surface area contributed by atoms with Gasteiger partial charge in [-0.05, 0) is 41.7 Å². The summed E-state index contributed by atoms with van der Waals surface area (Å²) in [5.41, 5.74) is 3.92. The van der Waals surface area contributed by atoms with Gasteiger partial charge in [-0.3, -0.25) is 9.69 Å². The van der Waals surface area contributed by atoms with Crippen LogP contribution >= 0.6 is 0 Å². The van der Waals surface area contributed by atoms with Crippen LogP contribution in [0.25, 0.3) is 5.57 Å². The predicted octanol–water partition coefficient (Wildman–Crippen LogP) is 1.27. The number of carbonyl (C=O) groups is 2. The van der Waals surface area contributed by atoms with Gasteiger partial charge in [-0.2, -0.15) is 0 Å². The molecule has 2 atom stereocenters. The molecule has 0 radical (unpaired) electrons. The average Bonchev–Trinajstić information content (AvgIpc) is 3.10. The van der Waals surface area contributed by atoms with Crippen LogP contribution in [0.3, 0.4) is 0 Å². The second-order valence-electron chi connectivity index (χ2n) is 6.94. The van der Waals surface area contributed by atoms with E-state index in [-0.39, 0.29) is 35.7 Å². The van der Waals surface area contributed by atoms with E-state index in [0.29, 0.717) is 19.4 Å². The number of hydrogen-bond donors (Lipinski definition) is 1. The second-order valence-corrected chi connectivity index (χ2v) is 9.17. The highest BCUT2D eigenvalue weighted by Crippen LogP contribution is 2.40. The molecule has 0 spiro atoms. The molecule has 0 saturated carbocycles. The van der Waals surface area contributed by atoms with E-state index in [2.05, 4.69) is 5.32 Å². The van der Waals surface area contributed by atoms with E-state index in [0.717, 1.165) is 22.4 Å². The third kappa shape index (κ3) is 2.98. The Morgan fingerprint density at radius 2 is 2.19 bits per heavy atom. The fraction of sp³-hybridized carbons (Fsp3) is 0.444. The largest absolute Gasteiger partial charge is 0.442 e. The first-order valence-electron chi connectivity index (χ1n) is 8.61. The molecule has 0 unspecified atom stereocenters. The normalized spacial score (nSPS) is 26.0. The third-order valence-corrected chi connectivity index (χ3v) is 6.67. The monoisotopic (exact) mass is 376 g/mol. The highest BCUT2D eigenvalue weighted by Gasteiger charge is 2.47. The third-order valence-electron chi connectivity index (χ3n) is 5.17. The van der Waals surface area contributed by atoms with Gasteiger partial charge in [-0.15, -0.1) is 0 Å². The Balaban J connectivity index is 1.58. The molecule has 3 aliphatic heterocycles. The number of amides is 2. The van der Waals surface area contributed by atoms with Crippen LogP contribution < -0.4 is 10.2 Å². The van der Waals surface area contributed by atoms with Gasteiger partial charge in [0.05, 0.1) is 29.8 Å². The molecule has 1 N–H and O–H groups in total. The Hall–Kier alpha value is -2.35. The maximum atomic E-state index is 12.2. The first-order valence-corrected chi connectivity index (χ1v) is 10.4. The van der Waals surface area contributed by atoms with Crippen molar-refractivity contribution in [2.75, 3.05) is 23.0 Å². The van der Waals surface area contributed by atoms with Gasteiger partial charge >= 0.3 is 6.09 Å². The van der Waals surface area contributed by atoms with Crippen LogP contribution in [0.2, 0.25) is 0 Å². The number of hydrogen-bond acceptors (Lipinski definition) is 5. The first kappa shape index (κ1) is 17.1. The number of allylic oxidation sites excluding steroid dienone is 1. The van der Waals surface area contributed by atoms with Gasteiger partial charge in [0.25, 0.3) is 0 Å². The Labute approximate surface area is 151 Å². The van der Waals surface area contributed by atoms with Crippen molar-refractivity contribution in [2.24, 2.45) is 0 Å². The second kappa shape index (κ2) is 6.12. The Kier molecular flexibility index (Phi) is 4.02. The standard InChI is InChI=1S/C18H20N2O5S/c1-11(21)19-10-17-16-9-14-8-13(12-4-6-26(23,24)7-5-12)2-3-15(14)20(16)18(22)25-17/h2-4,8,16-17H,5-7,9-10H2,1H3,(H,19,21)/t16-,17-/m0/s1. The van der Waals surface area contributed by atoms with Crippen molar-refractivity contribution in [3.8, 4) is 0 Å². The minimum Gasteiger partial charge on any atom is -0.442 e. The molecule has 0 aromatic heterocycles. The summed E-state index contributed by atoms with van der Waals surface area (Å²) in [5, 5.41) is 2.71. The van der Waals surface area contributed by atoms with Gasteiger partial charge in [0, 0.05) is 6.92 Å². The molecule has 26 heavy (non-hydrogen) atoms. The van der Waals surface area contributed by atoms with Crippen molar-refractivity contribution in [3.05, 3.63) is 35.4 Å². The Morgan fingerprint density at radius 3 is 2.88 bits per heavy atom. The SMILES string of the molecule is CC(=O)NC[C@@H]1OC(=O)N2c3ccc(C4=CCS(=O)(=O)CC4)cc3C[C@@H]12. The van der Waals surface area contributed by atoms with Crippen LogP contribution in [0.4, 0.5) is 10.5 Å². The lowest BCUT2D eigenvalue weighted by Crippen LogP contribution is -2.40. The van der Waals surface area contributed by atoms with Crippen molar-refractivity contribution in [1.82, 2.24) is 5.32 Å². The number of ether oxygens (including phenoxy) is 1. The highest BCUT2D eigenvalue weighted by molar-refractivity contribution is 7.91. The van der Waals surface area contributed by atoms with Gasteiger partial charge in [0.2, 0.25) is 5.91 Å². The summed E-state index contributed by atoms with van der Waals surface area (Å²) < 4.78 is 28.6. The van der Waals surface area contributed by atoms with E-state index < -0.39 is 9.84 Å². The van der Waals surface area contributed by atoms with E-state index in [4.69, 9.17) is 4.74 Å². The molecule has 3 aliphatic rings. The van der Waals surface area contributed by atoms with E-state index >= 15 is 0 Å². The van der Waals surface area contributed by atoms with Crippen LogP contribution in [0.5, 0.6) is 0 Å². The molecule has 0 bridgehead atoms. The van der Waals surface area contributed by atoms with E-state index in [1.54, 1.807) is 11.0 Å². The molecule has 1 saturated heterocycles. The summed E-state index contributed by atoms with van der Waals surface area (Å²) in [5.74, 6) is 0.103. The number of anilines is 1. The van der Waals surface area contributed by atoms with E-state index in [9.17, 15) is 18.0 Å². The lowest BCUT2D eigenvalue weighted by atomic mass is 9.98. The molecule has 0 aliphatic carbocycles. The van der Waals surface area contributed by atoms with Crippen molar-refractivity contribution >= 4 is 33.1 Å². The van der Waals surface area contributed by atoms with Crippen LogP contribution in [0.15, 0.2) is 24.3 Å². The molecule has 1 aromatic carbocycles. The molecule has 1 aromatic rings. The molecular weight excluding hydrogens is 356 g/mol. The number of nitrogens with one attached hydrogen (secondary N) is 1. The minimum absolute atomic E-state index is 0.0826. The molecule has 4 rings (SSSR count). The number of sulfone groups is 1. The summed E-state index contributed by atoms with van der Waals surface area (Å²) in [6.45, 7) is 1.73. The number of benzene rings is 1. The van der Waals surface area contributed by atoms with Crippen LogP contribution in [0.1, 0.15) is 24.5 Å². The Bertz CT molecular complexity index is 922. The van der Waals surface area contributed by atoms with Crippen LogP contribution in [-0.4, -0.2) is 50.6 Å². The van der Waals surface area contributed by atoms with Gasteiger partial charge in [-0.25, -0.2) is 13.2 Å². The smallest absolute Gasteiger partial charge is 0.415 e. The van der Waals surface area contributed by atoms with Gasteiger partial charge < -0.3 is 10.1 Å². The molecule has 8 heteroatoms. The van der Waals surface area contributed by atoms with Crippen molar-refractivity contribution in [1.29, 1.82) is 0 Å². The summed E-state index contributed by atoms with van der Waals surface area (Å²) in [6, 6.07) is 5.75. The number of carbonyl (C=O) groups excluding carboxylic acids is 2. The number of nitrogens with zero attached hydrogens (tertiary/aromatic N) is 1. The first-order chi connectivity index (χ1) is 12.3. The van der Waals surface area contributed by atoms with Crippen molar-refractivity contribution in [2.45, 2.75) is 31.9 Å². The lowest BCUT2D eigenvalue weighted by Gasteiger charge is -2.16. The Morgan fingerprint density at radius 1 is 1.38 bits per heavy atom. The summed E-state index contributed by atoms with van der Waals surface area (Å²) in [6.07, 6.45) is 2.19. The van der Waals surface area contributed by atoms with Crippen molar-refractivity contribution < 1.29 is 22.7 Å². The van der Waals surface area contributed by atoms with Gasteiger partial charge in [-0.1, -0.05) is 12.1 Å². The molecule has 2 amide bonds. The van der Waals surface area contributed by atoms with Crippen LogP contribution in [0, 0.1) is 0 Å². The zero-order valence-corrected chi connectivity index (χ0v) is 15.2. The highest BCUT2D eigenvalue weighted by atomic mass is 32.2. The lowest BCUT2D eigenvalue weighted by molar-refractivity contribution is -0.119. The average molecular weight is 376 g/mol.